The molecule has 19 heavy (non-hydrogen) atoms. The molecule has 0 atom stereocenters. The quantitative estimate of drug-likeness (QED) is 0.673. The first kappa shape index (κ1) is 12.8. The topological polar surface area (TPSA) is 70.8 Å². The summed E-state index contributed by atoms with van der Waals surface area (Å²) in [5, 5.41) is 10.9. The van der Waals surface area contributed by atoms with Gasteiger partial charge in [-0.3, -0.25) is 5.32 Å². The molecular weight excluding hydrogens is 240 g/mol. The average molecular weight is 254 g/mol. The van der Waals surface area contributed by atoms with Crippen molar-refractivity contribution < 1.29 is 4.74 Å². The van der Waals surface area contributed by atoms with Crippen LogP contribution >= 0.6 is 0 Å². The fourth-order valence-corrected chi connectivity index (χ4v) is 2.03. The second kappa shape index (κ2) is 5.36. The van der Waals surface area contributed by atoms with Crippen molar-refractivity contribution in [3.8, 4) is 23.1 Å². The molecule has 96 valence electrons. The second-order valence-electron chi connectivity index (χ2n) is 4.18. The van der Waals surface area contributed by atoms with Gasteiger partial charge in [-0.2, -0.15) is 5.26 Å². The van der Waals surface area contributed by atoms with Gasteiger partial charge in [-0.15, -0.1) is 0 Å². The first-order valence-electron chi connectivity index (χ1n) is 5.78. The molecule has 0 aliphatic carbocycles. The monoisotopic (exact) mass is 254 g/mol. The number of rotatable bonds is 3. The maximum absolute atomic E-state index is 8.48. The van der Waals surface area contributed by atoms with Crippen molar-refractivity contribution in [3.05, 3.63) is 35.7 Å². The average Bonchev–Trinajstić information content (AvgIpc) is 2.39. The van der Waals surface area contributed by atoms with E-state index in [0.29, 0.717) is 5.95 Å². The molecule has 2 rings (SSSR count). The highest BCUT2D eigenvalue weighted by atomic mass is 16.5. The van der Waals surface area contributed by atoms with Crippen molar-refractivity contribution in [2.24, 2.45) is 0 Å². The summed E-state index contributed by atoms with van der Waals surface area (Å²) in [6, 6.07) is 4.06. The van der Waals surface area contributed by atoms with Gasteiger partial charge in [-0.1, -0.05) is 0 Å². The second-order valence-corrected chi connectivity index (χ2v) is 4.18. The van der Waals surface area contributed by atoms with Crippen LogP contribution in [-0.4, -0.2) is 17.1 Å². The van der Waals surface area contributed by atoms with Gasteiger partial charge in [-0.05, 0) is 42.7 Å². The predicted molar refractivity (Wildman–Crippen MR) is 72.7 cm³/mol. The molecule has 1 heterocycles. The van der Waals surface area contributed by atoms with Gasteiger partial charge in [-0.25, -0.2) is 9.97 Å². The van der Waals surface area contributed by atoms with Crippen molar-refractivity contribution in [2.45, 2.75) is 13.8 Å². The lowest BCUT2D eigenvalue weighted by Gasteiger charge is -2.11. The van der Waals surface area contributed by atoms with E-state index in [1.807, 2.05) is 26.0 Å². The van der Waals surface area contributed by atoms with Gasteiger partial charge in [0.25, 0.3) is 0 Å². The Morgan fingerprint density at radius 2 is 1.68 bits per heavy atom. The number of anilines is 1. The SMILES string of the molecule is COc1c(C)cc(-c2cnc(NC#N)nc2)cc1C. The summed E-state index contributed by atoms with van der Waals surface area (Å²) in [6.07, 6.45) is 5.16. The normalized spacial score (nSPS) is 9.79. The number of aryl methyl sites for hydroxylation is 2. The molecular formula is C14H14N4O. The van der Waals surface area contributed by atoms with Gasteiger partial charge in [0.05, 0.1) is 7.11 Å². The third-order valence-electron chi connectivity index (χ3n) is 2.82. The third-order valence-corrected chi connectivity index (χ3v) is 2.82. The summed E-state index contributed by atoms with van der Waals surface area (Å²) in [7, 11) is 1.67. The van der Waals surface area contributed by atoms with Gasteiger partial charge in [0.2, 0.25) is 5.95 Å². The summed E-state index contributed by atoms with van der Waals surface area (Å²) in [6.45, 7) is 4.00. The molecule has 0 bridgehead atoms. The van der Waals surface area contributed by atoms with Crippen LogP contribution in [0.2, 0.25) is 0 Å². The van der Waals surface area contributed by atoms with E-state index < -0.39 is 0 Å². The summed E-state index contributed by atoms with van der Waals surface area (Å²) < 4.78 is 5.34. The smallest absolute Gasteiger partial charge is 0.236 e. The van der Waals surface area contributed by atoms with Crippen LogP contribution in [0.15, 0.2) is 24.5 Å². The number of ether oxygens (including phenoxy) is 1. The molecule has 0 aliphatic rings. The highest BCUT2D eigenvalue weighted by Gasteiger charge is 2.07. The molecule has 0 radical (unpaired) electrons. The maximum Gasteiger partial charge on any atom is 0.236 e. The van der Waals surface area contributed by atoms with Crippen LogP contribution in [0.1, 0.15) is 11.1 Å². The first-order chi connectivity index (χ1) is 9.15. The lowest BCUT2D eigenvalue weighted by Crippen LogP contribution is -1.96. The Morgan fingerprint density at radius 1 is 1.11 bits per heavy atom. The van der Waals surface area contributed by atoms with Crippen molar-refractivity contribution in [1.29, 1.82) is 5.26 Å². The molecule has 1 N–H and O–H groups in total. The molecule has 0 amide bonds. The zero-order valence-corrected chi connectivity index (χ0v) is 11.1. The Balaban J connectivity index is 2.39. The molecule has 5 nitrogen and oxygen atoms in total. The molecule has 0 aliphatic heterocycles. The fourth-order valence-electron chi connectivity index (χ4n) is 2.03. The minimum absolute atomic E-state index is 0.299. The summed E-state index contributed by atoms with van der Waals surface area (Å²) in [5.41, 5.74) is 4.06. The van der Waals surface area contributed by atoms with E-state index in [1.165, 1.54) is 0 Å². The molecule has 0 unspecified atom stereocenters. The number of methoxy groups -OCH3 is 1. The van der Waals surface area contributed by atoms with E-state index in [2.05, 4.69) is 15.3 Å². The minimum Gasteiger partial charge on any atom is -0.496 e. The van der Waals surface area contributed by atoms with Crippen LogP contribution in [-0.2, 0) is 0 Å². The van der Waals surface area contributed by atoms with E-state index in [1.54, 1.807) is 25.7 Å². The molecule has 1 aromatic heterocycles. The Bertz CT molecular complexity index is 606. The van der Waals surface area contributed by atoms with E-state index in [0.717, 1.165) is 28.0 Å². The number of aromatic nitrogens is 2. The van der Waals surface area contributed by atoms with Gasteiger partial charge < -0.3 is 4.74 Å². The van der Waals surface area contributed by atoms with Gasteiger partial charge in [0.1, 0.15) is 5.75 Å². The molecule has 0 saturated heterocycles. The van der Waals surface area contributed by atoms with Crippen LogP contribution in [0.5, 0.6) is 5.75 Å². The van der Waals surface area contributed by atoms with Gasteiger partial charge >= 0.3 is 0 Å². The summed E-state index contributed by atoms with van der Waals surface area (Å²) in [4.78, 5) is 8.14. The largest absolute Gasteiger partial charge is 0.496 e. The lowest BCUT2D eigenvalue weighted by atomic mass is 10.0. The number of nitrogens with one attached hydrogen (secondary N) is 1. The summed E-state index contributed by atoms with van der Waals surface area (Å²) >= 11 is 0. The standard InChI is InChI=1S/C14H14N4O/c1-9-4-11(5-10(2)13(9)19-3)12-6-16-14(17-7-12)18-8-15/h4-7H,1-3H3,(H,16,17,18). The van der Waals surface area contributed by atoms with Gasteiger partial charge in [0.15, 0.2) is 6.19 Å². The molecule has 1 aromatic carbocycles. The van der Waals surface area contributed by atoms with E-state index in [9.17, 15) is 0 Å². The maximum atomic E-state index is 8.48. The lowest BCUT2D eigenvalue weighted by molar-refractivity contribution is 0.408. The number of hydrogen-bond acceptors (Lipinski definition) is 5. The first-order valence-corrected chi connectivity index (χ1v) is 5.78. The van der Waals surface area contributed by atoms with Crippen molar-refractivity contribution in [2.75, 3.05) is 12.4 Å². The predicted octanol–water partition coefficient (Wildman–Crippen LogP) is 2.66. The molecule has 0 saturated carbocycles. The Hall–Kier alpha value is -2.61. The van der Waals surface area contributed by atoms with Crippen molar-refractivity contribution in [3.63, 3.8) is 0 Å². The zero-order valence-electron chi connectivity index (χ0n) is 11.1. The fraction of sp³-hybridized carbons (Fsp3) is 0.214. The molecule has 0 fully saturated rings. The van der Waals surface area contributed by atoms with Crippen LogP contribution < -0.4 is 10.1 Å². The Labute approximate surface area is 111 Å². The van der Waals surface area contributed by atoms with Crippen molar-refractivity contribution in [1.82, 2.24) is 9.97 Å². The molecule has 5 heteroatoms. The molecule has 0 spiro atoms. The highest BCUT2D eigenvalue weighted by Crippen LogP contribution is 2.29. The Morgan fingerprint density at radius 3 is 2.16 bits per heavy atom. The van der Waals surface area contributed by atoms with Crippen molar-refractivity contribution >= 4 is 5.95 Å². The number of nitrogens with zero attached hydrogens (tertiary/aromatic N) is 3. The van der Waals surface area contributed by atoms with E-state index >= 15 is 0 Å². The molecule has 2 aromatic rings. The Kier molecular flexibility index (Phi) is 3.62. The number of benzene rings is 1. The number of hydrogen-bond donors (Lipinski definition) is 1. The minimum atomic E-state index is 0.299. The van der Waals surface area contributed by atoms with Crippen LogP contribution in [0.25, 0.3) is 11.1 Å². The van der Waals surface area contributed by atoms with E-state index in [4.69, 9.17) is 10.00 Å². The van der Waals surface area contributed by atoms with Gasteiger partial charge in [0, 0.05) is 18.0 Å². The van der Waals surface area contributed by atoms with Crippen LogP contribution in [0.3, 0.4) is 0 Å². The number of nitriles is 1. The highest BCUT2D eigenvalue weighted by molar-refractivity contribution is 5.66. The summed E-state index contributed by atoms with van der Waals surface area (Å²) in [5.74, 6) is 1.20. The zero-order chi connectivity index (χ0) is 13.8. The van der Waals surface area contributed by atoms with Crippen LogP contribution in [0, 0.1) is 25.3 Å². The van der Waals surface area contributed by atoms with Crippen LogP contribution in [0.4, 0.5) is 5.95 Å². The third kappa shape index (κ3) is 2.63. The van der Waals surface area contributed by atoms with E-state index in [-0.39, 0.29) is 0 Å².